The number of fused-ring (bicyclic) bond motifs is 3. The Balaban J connectivity index is 2.20. The van der Waals surface area contributed by atoms with E-state index in [0.717, 1.165) is 10.0 Å². The Morgan fingerprint density at radius 2 is 1.83 bits per heavy atom. The van der Waals surface area contributed by atoms with E-state index in [1.54, 1.807) is 19.2 Å². The molecule has 4 aromatic rings. The van der Waals surface area contributed by atoms with Crippen LogP contribution in [0.4, 0.5) is 0 Å². The van der Waals surface area contributed by atoms with Crippen molar-refractivity contribution in [1.29, 1.82) is 0 Å². The molecule has 2 aromatic heterocycles. The molecule has 0 fully saturated rings. The second-order valence-corrected chi connectivity index (χ2v) is 7.11. The van der Waals surface area contributed by atoms with Crippen LogP contribution in [0.25, 0.3) is 33.3 Å². The number of aryl methyl sites for hydroxylation is 1. The lowest BCUT2D eigenvalue weighted by Gasteiger charge is -2.05. The normalized spacial score (nSPS) is 11.5. The molecule has 0 aliphatic carbocycles. The topological polar surface area (TPSA) is 48.0 Å². The average molecular weight is 424 g/mol. The molecule has 7 heteroatoms. The minimum Gasteiger partial charge on any atom is -0.451 e. The lowest BCUT2D eigenvalue weighted by molar-refractivity contribution is 0.663. The summed E-state index contributed by atoms with van der Waals surface area (Å²) >= 11 is 15.8. The maximum absolute atomic E-state index is 12.3. The minimum absolute atomic E-state index is 0.376. The molecular weight excluding hydrogens is 415 g/mol. The van der Waals surface area contributed by atoms with Gasteiger partial charge in [0.1, 0.15) is 11.2 Å². The van der Waals surface area contributed by atoms with Gasteiger partial charge in [0.05, 0.1) is 5.02 Å². The van der Waals surface area contributed by atoms with Crippen molar-refractivity contribution in [3.8, 4) is 11.3 Å². The molecule has 0 saturated heterocycles. The van der Waals surface area contributed by atoms with Crippen LogP contribution in [-0.2, 0) is 7.05 Å². The molecule has 2 aromatic carbocycles. The lowest BCUT2D eigenvalue weighted by atomic mass is 10.1. The Kier molecular flexibility index (Phi) is 3.67. The third-order valence-corrected chi connectivity index (χ3v) is 4.87. The lowest BCUT2D eigenvalue weighted by Crippen LogP contribution is -2.20. The third kappa shape index (κ3) is 2.35. The smallest absolute Gasteiger partial charge is 0.348 e. The Morgan fingerprint density at radius 1 is 1.12 bits per heavy atom. The van der Waals surface area contributed by atoms with Crippen molar-refractivity contribution in [2.75, 3.05) is 0 Å². The molecule has 0 atom stereocenters. The molecule has 0 saturated carbocycles. The molecular formula is C17H9BrCl2N2O2. The summed E-state index contributed by atoms with van der Waals surface area (Å²) in [5, 5.41) is 1.55. The maximum Gasteiger partial charge on any atom is 0.348 e. The molecule has 0 amide bonds. The van der Waals surface area contributed by atoms with Crippen LogP contribution in [0.5, 0.6) is 0 Å². The first-order valence-electron chi connectivity index (χ1n) is 7.00. The molecule has 2 heterocycles. The highest BCUT2D eigenvalue weighted by Gasteiger charge is 2.19. The number of nitrogens with zero attached hydrogens (tertiary/aromatic N) is 2. The predicted molar refractivity (Wildman–Crippen MR) is 99.9 cm³/mol. The number of benzene rings is 2. The molecule has 4 rings (SSSR count). The zero-order chi connectivity index (χ0) is 17.0. The number of halogens is 3. The van der Waals surface area contributed by atoms with Gasteiger partial charge in [0.15, 0.2) is 11.2 Å². The highest BCUT2D eigenvalue weighted by atomic mass is 79.9. The van der Waals surface area contributed by atoms with E-state index in [2.05, 4.69) is 20.9 Å². The summed E-state index contributed by atoms with van der Waals surface area (Å²) in [6.45, 7) is 0. The Labute approximate surface area is 154 Å². The first-order valence-corrected chi connectivity index (χ1v) is 8.55. The largest absolute Gasteiger partial charge is 0.451 e. The molecule has 0 spiro atoms. The number of hydrogen-bond donors (Lipinski definition) is 0. The molecule has 0 N–H and O–H groups in total. The fraction of sp³-hybridized carbons (Fsp3) is 0.0588. The second kappa shape index (κ2) is 5.62. The fourth-order valence-corrected chi connectivity index (χ4v) is 3.52. The van der Waals surface area contributed by atoms with Gasteiger partial charge >= 0.3 is 5.69 Å². The molecule has 0 radical (unpaired) electrons. The monoisotopic (exact) mass is 422 g/mol. The summed E-state index contributed by atoms with van der Waals surface area (Å²) in [6, 6.07) is 10.8. The first-order chi connectivity index (χ1) is 11.5. The quantitative estimate of drug-likeness (QED) is 0.410. The van der Waals surface area contributed by atoms with Gasteiger partial charge in [-0.3, -0.25) is 4.57 Å². The average Bonchev–Trinajstić information content (AvgIpc) is 2.92. The Morgan fingerprint density at radius 3 is 2.54 bits per heavy atom. The van der Waals surface area contributed by atoms with Gasteiger partial charge in [-0.1, -0.05) is 51.3 Å². The van der Waals surface area contributed by atoms with Crippen LogP contribution < -0.4 is 5.69 Å². The Bertz CT molecular complexity index is 1160. The number of rotatable bonds is 1. The summed E-state index contributed by atoms with van der Waals surface area (Å²) in [7, 11) is 1.65. The zero-order valence-electron chi connectivity index (χ0n) is 12.3. The molecule has 0 unspecified atom stereocenters. The molecule has 0 bridgehead atoms. The van der Waals surface area contributed by atoms with Crippen molar-refractivity contribution < 1.29 is 4.42 Å². The van der Waals surface area contributed by atoms with E-state index in [9.17, 15) is 4.79 Å². The van der Waals surface area contributed by atoms with Crippen LogP contribution in [0, 0.1) is 0 Å². The predicted octanol–water partition coefficient (Wildman–Crippen LogP) is 5.42. The van der Waals surface area contributed by atoms with E-state index in [4.69, 9.17) is 27.6 Å². The van der Waals surface area contributed by atoms with Crippen LogP contribution in [0.15, 0.2) is 50.1 Å². The molecule has 120 valence electrons. The molecule has 0 aliphatic heterocycles. The van der Waals surface area contributed by atoms with Crippen LogP contribution in [-0.4, -0.2) is 9.55 Å². The van der Waals surface area contributed by atoms with E-state index in [1.807, 2.05) is 24.3 Å². The number of hydrogen-bond acceptors (Lipinski definition) is 3. The van der Waals surface area contributed by atoms with Gasteiger partial charge in [-0.15, -0.1) is 0 Å². The summed E-state index contributed by atoms with van der Waals surface area (Å²) < 4.78 is 8.34. The van der Waals surface area contributed by atoms with Crippen molar-refractivity contribution in [2.45, 2.75) is 0 Å². The zero-order valence-corrected chi connectivity index (χ0v) is 15.4. The minimum atomic E-state index is -0.376. The summed E-state index contributed by atoms with van der Waals surface area (Å²) in [4.78, 5) is 16.5. The van der Waals surface area contributed by atoms with E-state index in [-0.39, 0.29) is 5.69 Å². The summed E-state index contributed by atoms with van der Waals surface area (Å²) in [5.41, 5.74) is 2.48. The van der Waals surface area contributed by atoms with Gasteiger partial charge in [0.2, 0.25) is 0 Å². The van der Waals surface area contributed by atoms with Gasteiger partial charge in [-0.25, -0.2) is 4.79 Å². The standard InChI is InChI=1S/C17H9BrCl2N2O2/c1-22-14-11-6-10(19)7-12(20)15(11)24-16(14)13(21-17(22)23)8-2-4-9(18)5-3-8/h2-7H,1H3. The van der Waals surface area contributed by atoms with Crippen molar-refractivity contribution >= 4 is 61.2 Å². The van der Waals surface area contributed by atoms with Crippen molar-refractivity contribution in [3.63, 3.8) is 0 Å². The van der Waals surface area contributed by atoms with Crippen molar-refractivity contribution in [3.05, 3.63) is 61.4 Å². The van der Waals surface area contributed by atoms with Crippen LogP contribution >= 0.6 is 39.1 Å². The SMILES string of the molecule is Cn1c(=O)nc(-c2ccc(Br)cc2)c2oc3c(Cl)cc(Cl)cc3c21. The van der Waals surface area contributed by atoms with Crippen LogP contribution in [0.2, 0.25) is 10.0 Å². The third-order valence-electron chi connectivity index (χ3n) is 3.85. The van der Waals surface area contributed by atoms with E-state index in [0.29, 0.717) is 37.8 Å². The van der Waals surface area contributed by atoms with Gasteiger partial charge in [0.25, 0.3) is 0 Å². The fourth-order valence-electron chi connectivity index (χ4n) is 2.73. The highest BCUT2D eigenvalue weighted by molar-refractivity contribution is 9.10. The van der Waals surface area contributed by atoms with Gasteiger partial charge in [0, 0.05) is 27.5 Å². The summed E-state index contributed by atoms with van der Waals surface area (Å²) in [5.74, 6) is 0. The van der Waals surface area contributed by atoms with Gasteiger partial charge in [-0.2, -0.15) is 4.98 Å². The van der Waals surface area contributed by atoms with Crippen molar-refractivity contribution in [1.82, 2.24) is 9.55 Å². The maximum atomic E-state index is 12.3. The molecule has 4 nitrogen and oxygen atoms in total. The van der Waals surface area contributed by atoms with Crippen LogP contribution in [0.3, 0.4) is 0 Å². The van der Waals surface area contributed by atoms with Gasteiger partial charge in [-0.05, 0) is 24.3 Å². The Hall–Kier alpha value is -1.82. The van der Waals surface area contributed by atoms with E-state index >= 15 is 0 Å². The molecule has 0 aliphatic rings. The van der Waals surface area contributed by atoms with Crippen LogP contribution in [0.1, 0.15) is 0 Å². The highest BCUT2D eigenvalue weighted by Crippen LogP contribution is 2.38. The number of aromatic nitrogens is 2. The first kappa shape index (κ1) is 15.7. The molecule has 24 heavy (non-hydrogen) atoms. The van der Waals surface area contributed by atoms with E-state index < -0.39 is 0 Å². The summed E-state index contributed by atoms with van der Waals surface area (Å²) in [6.07, 6.45) is 0. The van der Waals surface area contributed by atoms with E-state index in [1.165, 1.54) is 4.57 Å². The van der Waals surface area contributed by atoms with Crippen molar-refractivity contribution in [2.24, 2.45) is 7.05 Å². The second-order valence-electron chi connectivity index (χ2n) is 5.35. The van der Waals surface area contributed by atoms with Gasteiger partial charge < -0.3 is 4.42 Å². The number of furan rings is 1.